The zero-order valence-electron chi connectivity index (χ0n) is 10.8. The lowest BCUT2D eigenvalue weighted by Gasteiger charge is -2.25. The molecule has 1 heterocycles. The molecule has 0 aliphatic heterocycles. The highest BCUT2D eigenvalue weighted by Crippen LogP contribution is 2.40. The molecule has 0 bridgehead atoms. The van der Waals surface area contributed by atoms with E-state index in [0.717, 1.165) is 18.4 Å². The fourth-order valence-corrected chi connectivity index (χ4v) is 3.87. The number of rotatable bonds is 3. The molecule has 0 amide bonds. The van der Waals surface area contributed by atoms with Gasteiger partial charge in [0.25, 0.3) is 0 Å². The van der Waals surface area contributed by atoms with E-state index in [1.165, 1.54) is 12.8 Å². The van der Waals surface area contributed by atoms with Crippen LogP contribution in [0.5, 0.6) is 0 Å². The fourth-order valence-electron chi connectivity index (χ4n) is 2.69. The van der Waals surface area contributed by atoms with Crippen molar-refractivity contribution < 1.29 is 0 Å². The summed E-state index contributed by atoms with van der Waals surface area (Å²) in [6.07, 6.45) is 2.66. The quantitative estimate of drug-likeness (QED) is 0.840. The van der Waals surface area contributed by atoms with Gasteiger partial charge in [0.2, 0.25) is 0 Å². The minimum atomic E-state index is 0.578. The zero-order chi connectivity index (χ0) is 11.7. The third-order valence-corrected chi connectivity index (χ3v) is 4.78. The Labute approximate surface area is 103 Å². The molecule has 0 radical (unpaired) electrons. The van der Waals surface area contributed by atoms with E-state index < -0.39 is 0 Å². The summed E-state index contributed by atoms with van der Waals surface area (Å²) in [6.45, 7) is 10.2. The van der Waals surface area contributed by atoms with E-state index in [1.807, 2.05) is 11.3 Å². The van der Waals surface area contributed by atoms with Gasteiger partial charge in [0.15, 0.2) is 0 Å². The minimum absolute atomic E-state index is 0.578. The summed E-state index contributed by atoms with van der Waals surface area (Å²) >= 11 is 1.97. The van der Waals surface area contributed by atoms with Gasteiger partial charge in [0.1, 0.15) is 0 Å². The zero-order valence-corrected chi connectivity index (χ0v) is 11.7. The maximum Gasteiger partial charge on any atom is 0.0218 e. The molecule has 0 saturated heterocycles. The first-order valence-electron chi connectivity index (χ1n) is 6.40. The highest BCUT2D eigenvalue weighted by Gasteiger charge is 2.25. The van der Waals surface area contributed by atoms with Gasteiger partial charge in [-0.05, 0) is 41.2 Å². The minimum Gasteiger partial charge on any atom is -0.310 e. The molecule has 1 aromatic rings. The Morgan fingerprint density at radius 3 is 2.88 bits per heavy atom. The summed E-state index contributed by atoms with van der Waals surface area (Å²) < 4.78 is 0. The molecule has 1 nitrogen and oxygen atoms in total. The third-order valence-electron chi connectivity index (χ3n) is 3.47. The van der Waals surface area contributed by atoms with Crippen molar-refractivity contribution in [3.8, 4) is 0 Å². The molecule has 2 atom stereocenters. The Kier molecular flexibility index (Phi) is 3.70. The van der Waals surface area contributed by atoms with Crippen molar-refractivity contribution in [3.05, 3.63) is 21.4 Å². The average molecular weight is 237 g/mol. The predicted octanol–water partition coefficient (Wildman–Crippen LogP) is 3.93. The first-order chi connectivity index (χ1) is 7.58. The number of thiophene rings is 1. The van der Waals surface area contributed by atoms with Gasteiger partial charge in [0.05, 0.1) is 0 Å². The van der Waals surface area contributed by atoms with Crippen LogP contribution in [0.1, 0.15) is 56.0 Å². The maximum absolute atomic E-state index is 3.53. The van der Waals surface area contributed by atoms with Crippen LogP contribution in [0.25, 0.3) is 0 Å². The van der Waals surface area contributed by atoms with Gasteiger partial charge in [-0.25, -0.2) is 0 Å². The maximum atomic E-state index is 3.53. The Morgan fingerprint density at radius 1 is 1.44 bits per heavy atom. The molecule has 0 saturated carbocycles. The predicted molar refractivity (Wildman–Crippen MR) is 72.2 cm³/mol. The SMILES string of the molecule is CC1Cc2c(CNC(C)C)csc2C(C)C1. The smallest absolute Gasteiger partial charge is 0.0218 e. The van der Waals surface area contributed by atoms with E-state index in [9.17, 15) is 0 Å². The molecule has 0 aromatic carbocycles. The van der Waals surface area contributed by atoms with E-state index in [4.69, 9.17) is 0 Å². The first-order valence-corrected chi connectivity index (χ1v) is 7.28. The van der Waals surface area contributed by atoms with E-state index in [1.54, 1.807) is 16.0 Å². The van der Waals surface area contributed by atoms with Crippen LogP contribution in [0.3, 0.4) is 0 Å². The van der Waals surface area contributed by atoms with Gasteiger partial charge < -0.3 is 5.32 Å². The molecule has 16 heavy (non-hydrogen) atoms. The second-order valence-electron chi connectivity index (χ2n) is 5.59. The van der Waals surface area contributed by atoms with Crippen molar-refractivity contribution in [2.45, 2.75) is 59.0 Å². The number of fused-ring (bicyclic) bond motifs is 1. The van der Waals surface area contributed by atoms with Crippen LogP contribution in [0, 0.1) is 5.92 Å². The second kappa shape index (κ2) is 4.89. The summed E-state index contributed by atoms with van der Waals surface area (Å²) in [4.78, 5) is 1.65. The number of nitrogens with one attached hydrogen (secondary N) is 1. The summed E-state index contributed by atoms with van der Waals surface area (Å²) in [5.74, 6) is 1.63. The molecular formula is C14H23NS. The largest absolute Gasteiger partial charge is 0.310 e. The number of hydrogen-bond acceptors (Lipinski definition) is 2. The molecule has 90 valence electrons. The average Bonchev–Trinajstić information content (AvgIpc) is 2.58. The summed E-state index contributed by atoms with van der Waals surface area (Å²) in [7, 11) is 0. The Morgan fingerprint density at radius 2 is 2.19 bits per heavy atom. The molecule has 0 spiro atoms. The van der Waals surface area contributed by atoms with E-state index in [2.05, 4.69) is 38.4 Å². The fraction of sp³-hybridized carbons (Fsp3) is 0.714. The van der Waals surface area contributed by atoms with Gasteiger partial charge in [-0.15, -0.1) is 11.3 Å². The third kappa shape index (κ3) is 2.49. The van der Waals surface area contributed by atoms with Crippen LogP contribution in [-0.4, -0.2) is 6.04 Å². The highest BCUT2D eigenvalue weighted by atomic mass is 32.1. The molecule has 1 aliphatic carbocycles. The highest BCUT2D eigenvalue weighted by molar-refractivity contribution is 7.10. The first kappa shape index (κ1) is 12.1. The monoisotopic (exact) mass is 237 g/mol. The van der Waals surface area contributed by atoms with E-state index in [0.29, 0.717) is 6.04 Å². The van der Waals surface area contributed by atoms with Crippen molar-refractivity contribution in [1.82, 2.24) is 5.32 Å². The van der Waals surface area contributed by atoms with Gasteiger partial charge >= 0.3 is 0 Å². The van der Waals surface area contributed by atoms with Crippen LogP contribution in [0.15, 0.2) is 5.38 Å². The lowest BCUT2D eigenvalue weighted by molar-refractivity contribution is 0.452. The van der Waals surface area contributed by atoms with E-state index >= 15 is 0 Å². The normalized spacial score (nSPS) is 24.8. The molecule has 1 aromatic heterocycles. The van der Waals surface area contributed by atoms with Gasteiger partial charge in [-0.2, -0.15) is 0 Å². The van der Waals surface area contributed by atoms with Crippen LogP contribution in [-0.2, 0) is 13.0 Å². The summed E-state index contributed by atoms with van der Waals surface area (Å²) in [5, 5.41) is 5.90. The second-order valence-corrected chi connectivity index (χ2v) is 6.50. The van der Waals surface area contributed by atoms with Gasteiger partial charge in [-0.1, -0.05) is 27.7 Å². The van der Waals surface area contributed by atoms with Crippen LogP contribution in [0.4, 0.5) is 0 Å². The van der Waals surface area contributed by atoms with Gasteiger partial charge in [0, 0.05) is 17.5 Å². The molecule has 1 aliphatic rings. The van der Waals surface area contributed by atoms with Gasteiger partial charge in [-0.3, -0.25) is 0 Å². The molecule has 2 heteroatoms. The van der Waals surface area contributed by atoms with E-state index in [-0.39, 0.29) is 0 Å². The van der Waals surface area contributed by atoms with Crippen LogP contribution < -0.4 is 5.32 Å². The topological polar surface area (TPSA) is 12.0 Å². The molecule has 2 rings (SSSR count). The molecule has 0 fully saturated rings. The van der Waals surface area contributed by atoms with Crippen molar-refractivity contribution in [3.63, 3.8) is 0 Å². The Bertz CT molecular complexity index is 354. The van der Waals surface area contributed by atoms with Crippen molar-refractivity contribution in [2.24, 2.45) is 5.92 Å². The van der Waals surface area contributed by atoms with Crippen LogP contribution in [0.2, 0.25) is 0 Å². The molecule has 2 unspecified atom stereocenters. The Hall–Kier alpha value is -0.340. The summed E-state index contributed by atoms with van der Waals surface area (Å²) in [5.41, 5.74) is 3.21. The van der Waals surface area contributed by atoms with Crippen molar-refractivity contribution >= 4 is 11.3 Å². The lowest BCUT2D eigenvalue weighted by Crippen LogP contribution is -2.23. The molecular weight excluding hydrogens is 214 g/mol. The number of hydrogen-bond donors (Lipinski definition) is 1. The summed E-state index contributed by atoms with van der Waals surface area (Å²) in [6, 6.07) is 0.578. The van der Waals surface area contributed by atoms with Crippen LogP contribution >= 0.6 is 11.3 Å². The lowest BCUT2D eigenvalue weighted by atomic mass is 9.82. The van der Waals surface area contributed by atoms with Crippen molar-refractivity contribution in [2.75, 3.05) is 0 Å². The Balaban J connectivity index is 2.16. The molecule has 1 N–H and O–H groups in total. The van der Waals surface area contributed by atoms with Crippen molar-refractivity contribution in [1.29, 1.82) is 0 Å². The standard InChI is InChI=1S/C14H23NS/c1-9(2)15-7-12-8-16-14-11(4)5-10(3)6-13(12)14/h8-11,15H,5-7H2,1-4H3.